The number of rotatable bonds is 3. The molecule has 1 aromatic carbocycles. The van der Waals surface area contributed by atoms with Gasteiger partial charge in [0.05, 0.1) is 13.7 Å². The molecule has 2 aromatic rings. The predicted molar refractivity (Wildman–Crippen MR) is 53.3 cm³/mol. The first-order valence-electron chi connectivity index (χ1n) is 4.42. The van der Waals surface area contributed by atoms with E-state index in [1.54, 1.807) is 7.11 Å². The molecule has 0 spiro atoms. The quantitative estimate of drug-likeness (QED) is 0.801. The maximum Gasteiger partial charge on any atom is 0.158 e. The zero-order valence-electron chi connectivity index (χ0n) is 8.20. The Hall–Kier alpha value is -1.55. The second kappa shape index (κ2) is 3.67. The molecule has 0 saturated heterocycles. The zero-order chi connectivity index (χ0) is 9.97. The van der Waals surface area contributed by atoms with Gasteiger partial charge in [-0.2, -0.15) is 0 Å². The maximum atomic E-state index is 5.19. The highest BCUT2D eigenvalue weighted by atomic mass is 16.5. The molecule has 14 heavy (non-hydrogen) atoms. The van der Waals surface area contributed by atoms with Crippen molar-refractivity contribution in [3.05, 3.63) is 24.0 Å². The molecule has 0 aliphatic carbocycles. The molecule has 0 unspecified atom stereocenters. The summed E-state index contributed by atoms with van der Waals surface area (Å²) in [5, 5.41) is 8.00. The molecule has 0 saturated carbocycles. The van der Waals surface area contributed by atoms with Crippen molar-refractivity contribution >= 4 is 10.9 Å². The minimum atomic E-state index is 0.683. The van der Waals surface area contributed by atoms with Crippen LogP contribution in [0.25, 0.3) is 10.9 Å². The van der Waals surface area contributed by atoms with Gasteiger partial charge in [0.1, 0.15) is 11.3 Å². The van der Waals surface area contributed by atoms with Crippen LogP contribution in [0.2, 0.25) is 0 Å². The van der Waals surface area contributed by atoms with Crippen molar-refractivity contribution in [3.8, 4) is 5.75 Å². The van der Waals surface area contributed by atoms with Crippen LogP contribution in [0.1, 0.15) is 5.76 Å². The number of methoxy groups -OCH3 is 1. The van der Waals surface area contributed by atoms with Crippen LogP contribution in [0.15, 0.2) is 22.7 Å². The summed E-state index contributed by atoms with van der Waals surface area (Å²) < 4.78 is 10.3. The summed E-state index contributed by atoms with van der Waals surface area (Å²) in [7, 11) is 3.51. The lowest BCUT2D eigenvalue weighted by atomic mass is 10.2. The van der Waals surface area contributed by atoms with E-state index in [4.69, 9.17) is 9.26 Å². The average molecular weight is 192 g/mol. The molecular formula is C10H12N2O2. The highest BCUT2D eigenvalue weighted by molar-refractivity contribution is 5.81. The van der Waals surface area contributed by atoms with E-state index in [0.717, 1.165) is 22.4 Å². The van der Waals surface area contributed by atoms with Crippen molar-refractivity contribution in [2.45, 2.75) is 6.54 Å². The molecule has 74 valence electrons. The summed E-state index contributed by atoms with van der Waals surface area (Å²) in [4.78, 5) is 0. The van der Waals surface area contributed by atoms with Crippen molar-refractivity contribution in [3.63, 3.8) is 0 Å². The molecule has 0 aliphatic rings. The lowest BCUT2D eigenvalue weighted by Crippen LogP contribution is -2.03. The molecule has 1 N–H and O–H groups in total. The van der Waals surface area contributed by atoms with Gasteiger partial charge >= 0.3 is 0 Å². The van der Waals surface area contributed by atoms with Crippen LogP contribution in [0.4, 0.5) is 0 Å². The molecule has 0 amide bonds. The van der Waals surface area contributed by atoms with Gasteiger partial charge < -0.3 is 14.6 Å². The fraction of sp³-hybridized carbons (Fsp3) is 0.300. The number of hydrogen-bond donors (Lipinski definition) is 1. The summed E-state index contributed by atoms with van der Waals surface area (Å²) in [6.07, 6.45) is 0. The molecular weight excluding hydrogens is 180 g/mol. The summed E-state index contributed by atoms with van der Waals surface area (Å²) >= 11 is 0. The topological polar surface area (TPSA) is 47.3 Å². The van der Waals surface area contributed by atoms with Crippen LogP contribution in [-0.2, 0) is 6.54 Å². The third-order valence-electron chi connectivity index (χ3n) is 2.10. The minimum absolute atomic E-state index is 0.683. The summed E-state index contributed by atoms with van der Waals surface area (Å²) in [6.45, 7) is 0.683. The van der Waals surface area contributed by atoms with Gasteiger partial charge in [0.2, 0.25) is 0 Å². The Bertz CT molecular complexity index is 437. The van der Waals surface area contributed by atoms with Crippen molar-refractivity contribution in [1.82, 2.24) is 10.5 Å². The van der Waals surface area contributed by atoms with Crippen LogP contribution in [0, 0.1) is 0 Å². The lowest BCUT2D eigenvalue weighted by molar-refractivity contribution is 0.384. The largest absolute Gasteiger partial charge is 0.497 e. The molecule has 0 atom stereocenters. The number of nitrogens with one attached hydrogen (secondary N) is 1. The van der Waals surface area contributed by atoms with E-state index < -0.39 is 0 Å². The van der Waals surface area contributed by atoms with Crippen LogP contribution in [0.3, 0.4) is 0 Å². The van der Waals surface area contributed by atoms with E-state index in [1.165, 1.54) is 0 Å². The smallest absolute Gasteiger partial charge is 0.158 e. The molecule has 4 heteroatoms. The van der Waals surface area contributed by atoms with E-state index in [-0.39, 0.29) is 0 Å². The first-order valence-corrected chi connectivity index (χ1v) is 4.42. The van der Waals surface area contributed by atoms with Gasteiger partial charge in [0, 0.05) is 11.5 Å². The van der Waals surface area contributed by atoms with E-state index >= 15 is 0 Å². The summed E-state index contributed by atoms with van der Waals surface area (Å²) in [5.74, 6) is 1.65. The Balaban J connectivity index is 2.48. The van der Waals surface area contributed by atoms with Gasteiger partial charge in [0.25, 0.3) is 0 Å². The minimum Gasteiger partial charge on any atom is -0.497 e. The lowest BCUT2D eigenvalue weighted by Gasteiger charge is -1.97. The van der Waals surface area contributed by atoms with E-state index in [0.29, 0.717) is 6.54 Å². The van der Waals surface area contributed by atoms with Gasteiger partial charge in [-0.3, -0.25) is 0 Å². The van der Waals surface area contributed by atoms with E-state index in [2.05, 4.69) is 10.5 Å². The second-order valence-electron chi connectivity index (χ2n) is 3.02. The van der Waals surface area contributed by atoms with Crippen LogP contribution < -0.4 is 10.1 Å². The molecule has 0 fully saturated rings. The number of hydrogen-bond acceptors (Lipinski definition) is 4. The molecule has 2 rings (SSSR count). The summed E-state index contributed by atoms with van der Waals surface area (Å²) in [6, 6.07) is 5.72. The van der Waals surface area contributed by atoms with Crippen LogP contribution in [0.5, 0.6) is 5.75 Å². The number of aromatic nitrogens is 1. The molecule has 0 aliphatic heterocycles. The Kier molecular flexibility index (Phi) is 2.37. The molecule has 1 aromatic heterocycles. The van der Waals surface area contributed by atoms with Crippen LogP contribution in [-0.4, -0.2) is 19.3 Å². The standard InChI is InChI=1S/C10H12N2O2/c1-11-6-10-8-4-3-7(13-2)5-9(8)12-14-10/h3-5,11H,6H2,1-2H3. The van der Waals surface area contributed by atoms with Crippen molar-refractivity contribution in [1.29, 1.82) is 0 Å². The Morgan fingerprint density at radius 3 is 3.07 bits per heavy atom. The predicted octanol–water partition coefficient (Wildman–Crippen LogP) is 1.56. The van der Waals surface area contributed by atoms with Gasteiger partial charge in [0.15, 0.2) is 5.76 Å². The van der Waals surface area contributed by atoms with Crippen molar-refractivity contribution in [2.75, 3.05) is 14.2 Å². The summed E-state index contributed by atoms with van der Waals surface area (Å²) in [5.41, 5.74) is 0.828. The van der Waals surface area contributed by atoms with Crippen molar-refractivity contribution < 1.29 is 9.26 Å². The molecule has 4 nitrogen and oxygen atoms in total. The fourth-order valence-electron chi connectivity index (χ4n) is 1.39. The third kappa shape index (κ3) is 1.44. The number of fused-ring (bicyclic) bond motifs is 1. The maximum absolute atomic E-state index is 5.19. The first-order chi connectivity index (χ1) is 6.85. The Morgan fingerprint density at radius 2 is 2.36 bits per heavy atom. The highest BCUT2D eigenvalue weighted by Crippen LogP contribution is 2.22. The Morgan fingerprint density at radius 1 is 1.50 bits per heavy atom. The van der Waals surface area contributed by atoms with Crippen LogP contribution >= 0.6 is 0 Å². The van der Waals surface area contributed by atoms with Gasteiger partial charge in [-0.15, -0.1) is 0 Å². The zero-order valence-corrected chi connectivity index (χ0v) is 8.20. The van der Waals surface area contributed by atoms with Gasteiger partial charge in [-0.25, -0.2) is 0 Å². The van der Waals surface area contributed by atoms with E-state index in [1.807, 2.05) is 25.2 Å². The SMILES string of the molecule is CNCc1onc2cc(OC)ccc12. The third-order valence-corrected chi connectivity index (χ3v) is 2.10. The number of nitrogens with zero attached hydrogens (tertiary/aromatic N) is 1. The average Bonchev–Trinajstić information content (AvgIpc) is 2.61. The number of ether oxygens (including phenoxy) is 1. The Labute approximate surface area is 81.8 Å². The fourth-order valence-corrected chi connectivity index (χ4v) is 1.39. The first kappa shape index (κ1) is 9.02. The van der Waals surface area contributed by atoms with Gasteiger partial charge in [-0.1, -0.05) is 5.16 Å². The molecule has 1 heterocycles. The molecule has 0 bridgehead atoms. The highest BCUT2D eigenvalue weighted by Gasteiger charge is 2.07. The second-order valence-corrected chi connectivity index (χ2v) is 3.02. The normalized spacial score (nSPS) is 10.7. The number of benzene rings is 1. The van der Waals surface area contributed by atoms with Crippen molar-refractivity contribution in [2.24, 2.45) is 0 Å². The van der Waals surface area contributed by atoms with E-state index in [9.17, 15) is 0 Å². The van der Waals surface area contributed by atoms with Gasteiger partial charge in [-0.05, 0) is 19.2 Å². The monoisotopic (exact) mass is 192 g/mol. The molecule has 0 radical (unpaired) electrons.